The van der Waals surface area contributed by atoms with Crippen molar-refractivity contribution in [2.45, 2.75) is 58.0 Å². The molecule has 0 spiro atoms. The summed E-state index contributed by atoms with van der Waals surface area (Å²) in [6, 6.07) is 12.9. The van der Waals surface area contributed by atoms with Gasteiger partial charge in [0.25, 0.3) is 5.56 Å². The van der Waals surface area contributed by atoms with Crippen LogP contribution in [0.25, 0.3) is 10.9 Å². The zero-order valence-corrected chi connectivity index (χ0v) is 22.0. The Morgan fingerprint density at radius 1 is 1.00 bits per heavy atom. The first-order valence-electron chi connectivity index (χ1n) is 13.7. The number of benzene rings is 2. The lowest BCUT2D eigenvalue weighted by atomic mass is 9.94. The number of fused-ring (bicyclic) bond motifs is 1. The number of hydrogen-bond donors (Lipinski definition) is 1. The molecule has 198 valence electrons. The normalized spacial score (nSPS) is 18.2. The zero-order chi connectivity index (χ0) is 26.2. The molecule has 1 aliphatic heterocycles. The van der Waals surface area contributed by atoms with Crippen molar-refractivity contribution in [1.82, 2.24) is 30.1 Å². The fraction of sp³-hybridized carbons (Fsp3) is 0.448. The summed E-state index contributed by atoms with van der Waals surface area (Å²) in [6.07, 6.45) is 5.63. The average Bonchev–Trinajstić information content (AvgIpc) is 3.42. The highest BCUT2D eigenvalue weighted by atomic mass is 19.1. The first-order valence-corrected chi connectivity index (χ1v) is 13.7. The van der Waals surface area contributed by atoms with E-state index in [2.05, 4.69) is 49.4 Å². The van der Waals surface area contributed by atoms with Crippen molar-refractivity contribution >= 4 is 16.6 Å². The van der Waals surface area contributed by atoms with Gasteiger partial charge in [0.1, 0.15) is 11.9 Å². The summed E-state index contributed by atoms with van der Waals surface area (Å²) in [5.74, 6) is 0.500. The largest absolute Gasteiger partial charge is 0.367 e. The molecule has 1 N–H and O–H groups in total. The number of halogens is 1. The Morgan fingerprint density at radius 2 is 1.76 bits per heavy atom. The Labute approximate surface area is 221 Å². The summed E-state index contributed by atoms with van der Waals surface area (Å²) in [6.45, 7) is 6.69. The van der Waals surface area contributed by atoms with Gasteiger partial charge in [-0.2, -0.15) is 0 Å². The van der Waals surface area contributed by atoms with Gasteiger partial charge in [-0.25, -0.2) is 9.07 Å². The van der Waals surface area contributed by atoms with Crippen molar-refractivity contribution in [2.75, 3.05) is 31.1 Å². The van der Waals surface area contributed by atoms with E-state index in [0.717, 1.165) is 47.7 Å². The van der Waals surface area contributed by atoms with E-state index in [4.69, 9.17) is 0 Å². The van der Waals surface area contributed by atoms with Gasteiger partial charge in [-0.1, -0.05) is 43.5 Å². The molecule has 6 rings (SSSR count). The van der Waals surface area contributed by atoms with Crippen LogP contribution in [-0.2, 0) is 0 Å². The van der Waals surface area contributed by atoms with Crippen molar-refractivity contribution in [3.05, 3.63) is 81.2 Å². The fourth-order valence-corrected chi connectivity index (χ4v) is 6.14. The molecule has 1 atom stereocenters. The number of piperazine rings is 1. The third-order valence-corrected chi connectivity index (χ3v) is 8.43. The summed E-state index contributed by atoms with van der Waals surface area (Å²) in [7, 11) is 0. The minimum Gasteiger partial charge on any atom is -0.367 e. The number of aromatic nitrogens is 5. The maximum absolute atomic E-state index is 14.5. The third-order valence-electron chi connectivity index (χ3n) is 8.43. The molecular formula is C29H34FN7O. The van der Waals surface area contributed by atoms with Crippen molar-refractivity contribution in [2.24, 2.45) is 0 Å². The van der Waals surface area contributed by atoms with Gasteiger partial charge in [0.05, 0.1) is 17.2 Å². The summed E-state index contributed by atoms with van der Waals surface area (Å²) >= 11 is 0. The van der Waals surface area contributed by atoms with Crippen LogP contribution in [0.5, 0.6) is 0 Å². The molecule has 0 bridgehead atoms. The highest BCUT2D eigenvalue weighted by Crippen LogP contribution is 2.34. The Hall–Kier alpha value is -3.59. The average molecular weight is 516 g/mol. The summed E-state index contributed by atoms with van der Waals surface area (Å²) < 4.78 is 16.5. The Kier molecular flexibility index (Phi) is 6.69. The number of nitrogens with one attached hydrogen (secondary N) is 1. The number of hydrogen-bond acceptors (Lipinski definition) is 6. The monoisotopic (exact) mass is 515 g/mol. The number of aromatic amines is 1. The third kappa shape index (κ3) is 4.49. The highest BCUT2D eigenvalue weighted by Gasteiger charge is 2.34. The molecule has 38 heavy (non-hydrogen) atoms. The van der Waals surface area contributed by atoms with E-state index in [0.29, 0.717) is 43.3 Å². The van der Waals surface area contributed by atoms with Gasteiger partial charge in [0, 0.05) is 31.7 Å². The molecule has 3 heterocycles. The molecule has 2 aromatic carbocycles. The van der Waals surface area contributed by atoms with Gasteiger partial charge < -0.3 is 9.88 Å². The second-order valence-electron chi connectivity index (χ2n) is 10.7. The van der Waals surface area contributed by atoms with Crippen LogP contribution in [0.4, 0.5) is 10.1 Å². The topological polar surface area (TPSA) is 82.9 Å². The van der Waals surface area contributed by atoms with Crippen LogP contribution in [0.3, 0.4) is 0 Å². The number of H-pyrrole nitrogens is 1. The molecular weight excluding hydrogens is 481 g/mol. The van der Waals surface area contributed by atoms with E-state index in [9.17, 15) is 9.18 Å². The first kappa shape index (κ1) is 24.7. The van der Waals surface area contributed by atoms with Gasteiger partial charge in [-0.3, -0.25) is 9.69 Å². The maximum atomic E-state index is 14.5. The zero-order valence-electron chi connectivity index (χ0n) is 22.0. The van der Waals surface area contributed by atoms with E-state index in [-0.39, 0.29) is 17.4 Å². The fourth-order valence-electron chi connectivity index (χ4n) is 6.14. The Balaban J connectivity index is 1.40. The molecule has 0 amide bonds. The minimum absolute atomic E-state index is 0.120. The molecule has 2 aliphatic rings. The lowest BCUT2D eigenvalue weighted by Crippen LogP contribution is -2.49. The number of anilines is 1. The Bertz CT molecular complexity index is 1500. The predicted octanol–water partition coefficient (Wildman–Crippen LogP) is 4.69. The number of aryl methyl sites for hydroxylation is 2. The molecule has 8 nitrogen and oxygen atoms in total. The SMILES string of the molecule is Cc1ccc2cc([C@H](c3nnnn3C3CCCCC3)N3CCN(c4ccccc4F)CC3)c(=O)[nH]c2c1C. The summed E-state index contributed by atoms with van der Waals surface area (Å²) in [5, 5.41) is 14.0. The first-order chi connectivity index (χ1) is 18.5. The van der Waals surface area contributed by atoms with Crippen molar-refractivity contribution < 1.29 is 4.39 Å². The van der Waals surface area contributed by atoms with Crippen LogP contribution in [-0.4, -0.2) is 56.3 Å². The molecule has 1 aliphatic carbocycles. The predicted molar refractivity (Wildman–Crippen MR) is 146 cm³/mol. The molecule has 0 radical (unpaired) electrons. The van der Waals surface area contributed by atoms with Crippen LogP contribution < -0.4 is 10.5 Å². The summed E-state index contributed by atoms with van der Waals surface area (Å²) in [4.78, 5) is 21.2. The number of nitrogens with zero attached hydrogens (tertiary/aromatic N) is 6. The van der Waals surface area contributed by atoms with Gasteiger partial charge in [-0.05, 0) is 71.8 Å². The van der Waals surface area contributed by atoms with Crippen molar-refractivity contribution in [3.63, 3.8) is 0 Å². The number of rotatable bonds is 5. The van der Waals surface area contributed by atoms with E-state index in [1.165, 1.54) is 12.5 Å². The second-order valence-corrected chi connectivity index (χ2v) is 10.7. The smallest absolute Gasteiger partial charge is 0.253 e. The molecule has 2 fully saturated rings. The van der Waals surface area contributed by atoms with E-state index >= 15 is 0 Å². The maximum Gasteiger partial charge on any atom is 0.253 e. The number of para-hydroxylation sites is 1. The second kappa shape index (κ2) is 10.3. The van der Waals surface area contributed by atoms with Crippen LogP contribution in [0, 0.1) is 19.7 Å². The van der Waals surface area contributed by atoms with E-state index in [1.54, 1.807) is 6.07 Å². The van der Waals surface area contributed by atoms with Gasteiger partial charge in [0.15, 0.2) is 5.82 Å². The minimum atomic E-state index is -0.399. The van der Waals surface area contributed by atoms with Gasteiger partial charge in [0.2, 0.25) is 0 Å². The summed E-state index contributed by atoms with van der Waals surface area (Å²) in [5.41, 5.74) is 4.23. The standard InChI is InChI=1S/C29H34FN7O/c1-19-12-13-21-18-23(29(38)31-26(21)20(19)2)27(28-32-33-34-37(28)22-8-4-3-5-9-22)36-16-14-35(15-17-36)25-11-7-6-10-24(25)30/h6-7,10-13,18,22,27H,3-5,8-9,14-17H2,1-2H3,(H,31,38)/t27-/m1/s1. The molecule has 1 saturated carbocycles. The molecule has 0 unspecified atom stereocenters. The molecule has 2 aromatic heterocycles. The molecule has 1 saturated heterocycles. The van der Waals surface area contributed by atoms with Crippen LogP contribution in [0.2, 0.25) is 0 Å². The van der Waals surface area contributed by atoms with Crippen LogP contribution >= 0.6 is 0 Å². The quantitative estimate of drug-likeness (QED) is 0.415. The van der Waals surface area contributed by atoms with Crippen LogP contribution in [0.1, 0.15) is 66.7 Å². The van der Waals surface area contributed by atoms with Crippen molar-refractivity contribution in [1.29, 1.82) is 0 Å². The van der Waals surface area contributed by atoms with Gasteiger partial charge in [-0.15, -0.1) is 5.10 Å². The lowest BCUT2D eigenvalue weighted by molar-refractivity contribution is 0.192. The Morgan fingerprint density at radius 3 is 2.53 bits per heavy atom. The van der Waals surface area contributed by atoms with E-state index < -0.39 is 6.04 Å². The molecule has 4 aromatic rings. The van der Waals surface area contributed by atoms with E-state index in [1.807, 2.05) is 29.8 Å². The van der Waals surface area contributed by atoms with Crippen LogP contribution in [0.15, 0.2) is 47.3 Å². The highest BCUT2D eigenvalue weighted by molar-refractivity contribution is 5.83. The number of pyridine rings is 1. The molecule has 9 heteroatoms. The lowest BCUT2D eigenvalue weighted by Gasteiger charge is -2.40. The van der Waals surface area contributed by atoms with Gasteiger partial charge >= 0.3 is 0 Å². The van der Waals surface area contributed by atoms with Crippen molar-refractivity contribution in [3.8, 4) is 0 Å². The number of tetrazole rings is 1.